The molecule has 3 amide bonds. The lowest BCUT2D eigenvalue weighted by atomic mass is 10.1. The van der Waals surface area contributed by atoms with Gasteiger partial charge in [0.25, 0.3) is 5.91 Å². The van der Waals surface area contributed by atoms with Crippen LogP contribution in [-0.4, -0.2) is 45.4 Å². The number of methoxy groups -OCH3 is 1. The molecular weight excluding hydrogens is 382 g/mol. The highest BCUT2D eigenvalue weighted by Crippen LogP contribution is 2.30. The minimum atomic E-state index is -0.210. The Hall–Kier alpha value is -3.06. The van der Waals surface area contributed by atoms with Gasteiger partial charge in [0.1, 0.15) is 5.75 Å². The largest absolute Gasteiger partial charge is 0.497 e. The number of hydrogen-bond donors (Lipinski definition) is 2. The molecule has 0 atom stereocenters. The molecule has 1 heterocycles. The summed E-state index contributed by atoms with van der Waals surface area (Å²) in [5.74, 6) is 0.687. The SMILES string of the molecule is CCOCCCNC(=O)NCc1ccc2c(c1)N(C(=O)c1ccc(OC)cc1)CC2. The van der Waals surface area contributed by atoms with Crippen LogP contribution in [0, 0.1) is 0 Å². The maximum atomic E-state index is 13.0. The van der Waals surface area contributed by atoms with E-state index < -0.39 is 0 Å². The van der Waals surface area contributed by atoms with E-state index >= 15 is 0 Å². The van der Waals surface area contributed by atoms with Crippen molar-refractivity contribution in [1.82, 2.24) is 10.6 Å². The highest BCUT2D eigenvalue weighted by Gasteiger charge is 2.25. The van der Waals surface area contributed by atoms with E-state index in [0.29, 0.717) is 38.4 Å². The van der Waals surface area contributed by atoms with Crippen LogP contribution in [0.3, 0.4) is 0 Å². The zero-order valence-electron chi connectivity index (χ0n) is 17.6. The van der Waals surface area contributed by atoms with E-state index in [1.807, 2.05) is 25.1 Å². The maximum absolute atomic E-state index is 13.0. The Bertz CT molecular complexity index is 867. The summed E-state index contributed by atoms with van der Waals surface area (Å²) in [4.78, 5) is 26.7. The number of benzene rings is 2. The van der Waals surface area contributed by atoms with Gasteiger partial charge in [-0.25, -0.2) is 4.79 Å². The summed E-state index contributed by atoms with van der Waals surface area (Å²) < 4.78 is 10.4. The molecule has 1 aliphatic heterocycles. The Morgan fingerprint density at radius 3 is 2.63 bits per heavy atom. The molecule has 0 aromatic heterocycles. The molecule has 7 heteroatoms. The number of ether oxygens (including phenoxy) is 2. The van der Waals surface area contributed by atoms with Crippen molar-refractivity contribution in [2.24, 2.45) is 0 Å². The summed E-state index contributed by atoms with van der Waals surface area (Å²) in [5, 5.41) is 5.68. The summed E-state index contributed by atoms with van der Waals surface area (Å²) in [7, 11) is 1.60. The zero-order valence-corrected chi connectivity index (χ0v) is 17.6. The number of nitrogens with zero attached hydrogens (tertiary/aromatic N) is 1. The number of carbonyl (C=O) groups excluding carboxylic acids is 2. The van der Waals surface area contributed by atoms with E-state index in [1.165, 1.54) is 0 Å². The first kappa shape index (κ1) is 21.6. The molecule has 0 spiro atoms. The third kappa shape index (κ3) is 5.51. The normalized spacial score (nSPS) is 12.4. The van der Waals surface area contributed by atoms with Crippen molar-refractivity contribution >= 4 is 17.6 Å². The summed E-state index contributed by atoms with van der Waals surface area (Å²) >= 11 is 0. The number of urea groups is 1. The van der Waals surface area contributed by atoms with E-state index in [9.17, 15) is 9.59 Å². The monoisotopic (exact) mass is 411 g/mol. The standard InChI is InChI=1S/C23H29N3O4/c1-3-30-14-4-12-24-23(28)25-16-17-5-6-18-11-13-26(21(18)15-17)22(27)19-7-9-20(29-2)10-8-19/h5-10,15H,3-4,11-14,16H2,1-2H3,(H2,24,25,28). The second kappa shape index (κ2) is 10.6. The van der Waals surface area contributed by atoms with Crippen molar-refractivity contribution in [2.45, 2.75) is 26.3 Å². The summed E-state index contributed by atoms with van der Waals surface area (Å²) in [5.41, 5.74) is 3.62. The van der Waals surface area contributed by atoms with E-state index in [-0.39, 0.29) is 11.9 Å². The predicted octanol–water partition coefficient (Wildman–Crippen LogP) is 3.12. The first-order valence-electron chi connectivity index (χ1n) is 10.3. The lowest BCUT2D eigenvalue weighted by Gasteiger charge is -2.18. The summed E-state index contributed by atoms with van der Waals surface area (Å²) in [6.07, 6.45) is 1.60. The molecule has 7 nitrogen and oxygen atoms in total. The molecule has 0 unspecified atom stereocenters. The smallest absolute Gasteiger partial charge is 0.315 e. The fourth-order valence-electron chi connectivity index (χ4n) is 3.40. The van der Waals surface area contributed by atoms with Crippen LogP contribution in [0.2, 0.25) is 0 Å². The van der Waals surface area contributed by atoms with Crippen LogP contribution in [0.5, 0.6) is 5.75 Å². The van der Waals surface area contributed by atoms with Crippen molar-refractivity contribution < 1.29 is 19.1 Å². The van der Waals surface area contributed by atoms with Gasteiger partial charge >= 0.3 is 6.03 Å². The van der Waals surface area contributed by atoms with E-state index in [1.54, 1.807) is 36.3 Å². The minimum Gasteiger partial charge on any atom is -0.497 e. The number of hydrogen-bond acceptors (Lipinski definition) is 4. The van der Waals surface area contributed by atoms with Gasteiger partial charge in [-0.1, -0.05) is 12.1 Å². The Morgan fingerprint density at radius 1 is 1.10 bits per heavy atom. The van der Waals surface area contributed by atoms with E-state index in [2.05, 4.69) is 10.6 Å². The van der Waals surface area contributed by atoms with E-state index in [0.717, 1.165) is 35.4 Å². The van der Waals surface area contributed by atoms with Gasteiger partial charge in [-0.05, 0) is 61.2 Å². The molecule has 2 aromatic rings. The van der Waals surface area contributed by atoms with Gasteiger partial charge in [-0.3, -0.25) is 4.79 Å². The third-order valence-electron chi connectivity index (χ3n) is 5.04. The second-order valence-electron chi connectivity index (χ2n) is 7.06. The molecule has 0 saturated carbocycles. The predicted molar refractivity (Wildman–Crippen MR) is 116 cm³/mol. The molecule has 0 radical (unpaired) electrons. The molecule has 3 rings (SSSR count). The zero-order chi connectivity index (χ0) is 21.3. The second-order valence-corrected chi connectivity index (χ2v) is 7.06. The van der Waals surface area contributed by atoms with Crippen LogP contribution in [0.4, 0.5) is 10.5 Å². The van der Waals surface area contributed by atoms with Crippen molar-refractivity contribution in [3.63, 3.8) is 0 Å². The minimum absolute atomic E-state index is 0.0337. The van der Waals surface area contributed by atoms with Crippen LogP contribution in [0.15, 0.2) is 42.5 Å². The van der Waals surface area contributed by atoms with Crippen molar-refractivity contribution in [3.05, 3.63) is 59.2 Å². The van der Waals surface area contributed by atoms with Crippen LogP contribution in [0.25, 0.3) is 0 Å². The fourth-order valence-corrected chi connectivity index (χ4v) is 3.40. The number of carbonyl (C=O) groups is 2. The fraction of sp³-hybridized carbons (Fsp3) is 0.391. The molecule has 160 valence electrons. The van der Waals surface area contributed by atoms with Gasteiger partial charge < -0.3 is 25.0 Å². The molecule has 1 aliphatic rings. The Kier molecular flexibility index (Phi) is 7.68. The van der Waals surface area contributed by atoms with Crippen LogP contribution >= 0.6 is 0 Å². The Balaban J connectivity index is 1.58. The molecular formula is C23H29N3O4. The molecule has 0 bridgehead atoms. The first-order chi connectivity index (χ1) is 14.6. The highest BCUT2D eigenvalue weighted by atomic mass is 16.5. The molecule has 0 fully saturated rings. The quantitative estimate of drug-likeness (QED) is 0.622. The van der Waals surface area contributed by atoms with Crippen molar-refractivity contribution in [1.29, 1.82) is 0 Å². The number of rotatable bonds is 9. The van der Waals surface area contributed by atoms with Crippen LogP contribution in [0.1, 0.15) is 34.8 Å². The van der Waals surface area contributed by atoms with Crippen molar-refractivity contribution in [3.8, 4) is 5.75 Å². The van der Waals surface area contributed by atoms with E-state index in [4.69, 9.17) is 9.47 Å². The summed E-state index contributed by atoms with van der Waals surface area (Å²) in [6, 6.07) is 12.9. The van der Waals surface area contributed by atoms with Gasteiger partial charge in [0, 0.05) is 44.1 Å². The molecule has 30 heavy (non-hydrogen) atoms. The van der Waals surface area contributed by atoms with Gasteiger partial charge in [0.05, 0.1) is 7.11 Å². The molecule has 2 N–H and O–H groups in total. The number of nitrogens with one attached hydrogen (secondary N) is 2. The summed E-state index contributed by atoms with van der Waals surface area (Å²) in [6.45, 7) is 4.89. The maximum Gasteiger partial charge on any atom is 0.315 e. The van der Waals surface area contributed by atoms with Gasteiger partial charge in [0.15, 0.2) is 0 Å². The number of fused-ring (bicyclic) bond motifs is 1. The Labute approximate surface area is 177 Å². The van der Waals surface area contributed by atoms with Crippen LogP contribution < -0.4 is 20.3 Å². The average Bonchev–Trinajstić information content (AvgIpc) is 3.20. The topological polar surface area (TPSA) is 79.9 Å². The Morgan fingerprint density at radius 2 is 1.90 bits per heavy atom. The van der Waals surface area contributed by atoms with Crippen molar-refractivity contribution in [2.75, 3.05) is 38.3 Å². The van der Waals surface area contributed by atoms with Crippen LogP contribution in [-0.2, 0) is 17.7 Å². The molecule has 0 aliphatic carbocycles. The number of anilines is 1. The average molecular weight is 412 g/mol. The van der Waals surface area contributed by atoms with Gasteiger partial charge in [0.2, 0.25) is 0 Å². The highest BCUT2D eigenvalue weighted by molar-refractivity contribution is 6.07. The number of amides is 3. The first-order valence-corrected chi connectivity index (χ1v) is 10.3. The third-order valence-corrected chi connectivity index (χ3v) is 5.04. The molecule has 0 saturated heterocycles. The van der Waals surface area contributed by atoms with Gasteiger partial charge in [-0.2, -0.15) is 0 Å². The molecule has 2 aromatic carbocycles. The lowest BCUT2D eigenvalue weighted by Crippen LogP contribution is -2.36. The lowest BCUT2D eigenvalue weighted by molar-refractivity contribution is 0.0989. The van der Waals surface area contributed by atoms with Gasteiger partial charge in [-0.15, -0.1) is 0 Å².